The fourth-order valence-electron chi connectivity index (χ4n) is 3.52. The summed E-state index contributed by atoms with van der Waals surface area (Å²) in [6, 6.07) is 28.0. The van der Waals surface area contributed by atoms with Crippen molar-refractivity contribution in [3.05, 3.63) is 113 Å². The lowest BCUT2D eigenvalue weighted by Crippen LogP contribution is -2.47. The van der Waals surface area contributed by atoms with Gasteiger partial charge in [-0.15, -0.1) is 10.2 Å². The van der Waals surface area contributed by atoms with Gasteiger partial charge in [-0.3, -0.25) is 14.9 Å². The van der Waals surface area contributed by atoms with E-state index in [1.54, 1.807) is 5.51 Å². The van der Waals surface area contributed by atoms with E-state index in [9.17, 15) is 9.59 Å². The van der Waals surface area contributed by atoms with Crippen LogP contribution in [0.4, 0.5) is 5.13 Å². The summed E-state index contributed by atoms with van der Waals surface area (Å²) >= 11 is 1.23. The van der Waals surface area contributed by atoms with E-state index in [-0.39, 0.29) is 11.8 Å². The van der Waals surface area contributed by atoms with Crippen molar-refractivity contribution in [2.75, 3.05) is 5.32 Å². The first-order valence-electron chi connectivity index (χ1n) is 10.2. The van der Waals surface area contributed by atoms with E-state index in [4.69, 9.17) is 0 Å². The number of benzene rings is 3. The second-order valence-electron chi connectivity index (χ2n) is 7.24. The number of hydrogen-bond donors (Lipinski definition) is 2. The van der Waals surface area contributed by atoms with Crippen molar-refractivity contribution >= 4 is 28.3 Å². The molecule has 1 unspecified atom stereocenters. The van der Waals surface area contributed by atoms with E-state index in [1.807, 2.05) is 91.0 Å². The normalized spacial score (nSPS) is 11.7. The summed E-state index contributed by atoms with van der Waals surface area (Å²) in [7, 11) is 0. The number of rotatable bonds is 8. The maximum atomic E-state index is 13.5. The van der Waals surface area contributed by atoms with Gasteiger partial charge in [0.05, 0.1) is 5.92 Å². The Kier molecular flexibility index (Phi) is 6.99. The molecule has 0 bridgehead atoms. The second-order valence-corrected chi connectivity index (χ2v) is 8.07. The Balaban J connectivity index is 1.61. The first kappa shape index (κ1) is 21.4. The lowest BCUT2D eigenvalue weighted by molar-refractivity contribution is -0.126. The highest BCUT2D eigenvalue weighted by molar-refractivity contribution is 7.13. The van der Waals surface area contributed by atoms with Gasteiger partial charge in [0.25, 0.3) is 0 Å². The molecule has 0 aliphatic carbocycles. The molecular weight excluding hydrogens is 420 g/mol. The van der Waals surface area contributed by atoms with Crippen LogP contribution in [0.3, 0.4) is 0 Å². The predicted molar refractivity (Wildman–Crippen MR) is 125 cm³/mol. The number of anilines is 1. The van der Waals surface area contributed by atoms with Gasteiger partial charge >= 0.3 is 0 Å². The number of nitrogens with zero attached hydrogens (tertiary/aromatic N) is 2. The van der Waals surface area contributed by atoms with E-state index in [0.29, 0.717) is 11.6 Å². The fourth-order valence-corrected chi connectivity index (χ4v) is 3.97. The monoisotopic (exact) mass is 442 g/mol. The Morgan fingerprint density at radius 2 is 1.34 bits per heavy atom. The summed E-state index contributed by atoms with van der Waals surface area (Å²) in [6.45, 7) is 0. The average molecular weight is 443 g/mol. The molecule has 4 rings (SSSR count). The minimum absolute atomic E-state index is 0.240. The van der Waals surface area contributed by atoms with Crippen LogP contribution in [0, 0.1) is 0 Å². The van der Waals surface area contributed by atoms with Crippen LogP contribution in [0.25, 0.3) is 0 Å². The molecule has 0 radical (unpaired) electrons. The molecule has 160 valence electrons. The van der Waals surface area contributed by atoms with Gasteiger partial charge in [0, 0.05) is 6.42 Å². The zero-order chi connectivity index (χ0) is 22.2. The van der Waals surface area contributed by atoms with Crippen molar-refractivity contribution in [3.8, 4) is 0 Å². The van der Waals surface area contributed by atoms with Crippen molar-refractivity contribution < 1.29 is 9.59 Å². The molecule has 0 saturated carbocycles. The molecule has 1 atom stereocenters. The molecule has 0 fully saturated rings. The third-order valence-electron chi connectivity index (χ3n) is 5.03. The first-order chi connectivity index (χ1) is 15.7. The molecule has 3 aromatic carbocycles. The van der Waals surface area contributed by atoms with Crippen molar-refractivity contribution in [2.45, 2.75) is 18.4 Å². The Hall–Kier alpha value is -3.84. The maximum absolute atomic E-state index is 13.5. The first-order valence-corrected chi connectivity index (χ1v) is 11.1. The van der Waals surface area contributed by atoms with Gasteiger partial charge in [0.15, 0.2) is 0 Å². The van der Waals surface area contributed by atoms with Crippen molar-refractivity contribution in [2.24, 2.45) is 0 Å². The number of aromatic nitrogens is 2. The minimum Gasteiger partial charge on any atom is -0.343 e. The summed E-state index contributed by atoms with van der Waals surface area (Å²) in [6.07, 6.45) is 0.355. The molecular formula is C25H22N4O2S. The highest BCUT2D eigenvalue weighted by atomic mass is 32.1. The highest BCUT2D eigenvalue weighted by Crippen LogP contribution is 2.25. The van der Waals surface area contributed by atoms with Crippen LogP contribution >= 0.6 is 11.3 Å². The lowest BCUT2D eigenvalue weighted by atomic mass is 9.90. The van der Waals surface area contributed by atoms with Gasteiger partial charge in [-0.1, -0.05) is 102 Å². The molecule has 2 amide bonds. The van der Waals surface area contributed by atoms with Gasteiger partial charge in [-0.05, 0) is 16.7 Å². The van der Waals surface area contributed by atoms with Gasteiger partial charge in [-0.2, -0.15) is 0 Å². The third-order valence-corrected chi connectivity index (χ3v) is 5.64. The zero-order valence-electron chi connectivity index (χ0n) is 17.2. The number of amides is 2. The largest absolute Gasteiger partial charge is 0.343 e. The van der Waals surface area contributed by atoms with Crippen LogP contribution in [0.15, 0.2) is 96.5 Å². The molecule has 0 aliphatic rings. The zero-order valence-corrected chi connectivity index (χ0v) is 18.0. The Morgan fingerprint density at radius 1 is 0.781 bits per heavy atom. The maximum Gasteiger partial charge on any atom is 0.249 e. The van der Waals surface area contributed by atoms with Crippen molar-refractivity contribution in [3.63, 3.8) is 0 Å². The van der Waals surface area contributed by atoms with Crippen LogP contribution in [0.5, 0.6) is 0 Å². The number of hydrogen-bond acceptors (Lipinski definition) is 5. The third kappa shape index (κ3) is 5.44. The predicted octanol–water partition coefficient (Wildman–Crippen LogP) is 4.04. The quantitative estimate of drug-likeness (QED) is 0.431. The minimum atomic E-state index is -0.774. The van der Waals surface area contributed by atoms with Gasteiger partial charge in [0.2, 0.25) is 16.9 Å². The van der Waals surface area contributed by atoms with Crippen LogP contribution in [-0.4, -0.2) is 28.1 Å². The average Bonchev–Trinajstić information content (AvgIpc) is 3.34. The van der Waals surface area contributed by atoms with Crippen LogP contribution in [0.2, 0.25) is 0 Å². The molecule has 4 aromatic rings. The lowest BCUT2D eigenvalue weighted by Gasteiger charge is -2.23. The SMILES string of the molecule is O=C(Nc1nncs1)C(Cc1ccccc1)NC(=O)C(c1ccccc1)c1ccccc1. The summed E-state index contributed by atoms with van der Waals surface area (Å²) < 4.78 is 0. The molecule has 1 aromatic heterocycles. The fraction of sp³-hybridized carbons (Fsp3) is 0.120. The Morgan fingerprint density at radius 3 is 1.88 bits per heavy atom. The van der Waals surface area contributed by atoms with E-state index >= 15 is 0 Å². The second kappa shape index (κ2) is 10.5. The molecule has 0 spiro atoms. The molecule has 1 heterocycles. The molecule has 2 N–H and O–H groups in total. The summed E-state index contributed by atoms with van der Waals surface area (Å²) in [5.74, 6) is -1.11. The van der Waals surface area contributed by atoms with Crippen molar-refractivity contribution in [1.29, 1.82) is 0 Å². The van der Waals surface area contributed by atoms with E-state index in [2.05, 4.69) is 20.8 Å². The topological polar surface area (TPSA) is 84.0 Å². The summed E-state index contributed by atoms with van der Waals surface area (Å²) in [5.41, 5.74) is 4.21. The molecule has 32 heavy (non-hydrogen) atoms. The molecule has 0 aliphatic heterocycles. The van der Waals surface area contributed by atoms with Gasteiger partial charge < -0.3 is 5.32 Å². The van der Waals surface area contributed by atoms with E-state index < -0.39 is 12.0 Å². The van der Waals surface area contributed by atoms with E-state index in [1.165, 1.54) is 11.3 Å². The van der Waals surface area contributed by atoms with Crippen molar-refractivity contribution in [1.82, 2.24) is 15.5 Å². The standard InChI is InChI=1S/C25H22N4O2S/c30-23(28-25-29-26-17-32-25)21(16-18-10-4-1-5-11-18)27-24(31)22(19-12-6-2-7-13-19)20-14-8-3-9-15-20/h1-15,17,21-22H,16H2,(H,27,31)(H,28,29,30). The summed E-state index contributed by atoms with van der Waals surface area (Å²) in [5, 5.41) is 13.8. The van der Waals surface area contributed by atoms with Crippen LogP contribution < -0.4 is 10.6 Å². The highest BCUT2D eigenvalue weighted by Gasteiger charge is 2.28. The Labute approximate surface area is 190 Å². The smallest absolute Gasteiger partial charge is 0.249 e. The van der Waals surface area contributed by atoms with Gasteiger partial charge in [0.1, 0.15) is 11.6 Å². The van der Waals surface area contributed by atoms with E-state index in [0.717, 1.165) is 16.7 Å². The number of carbonyl (C=O) groups is 2. The summed E-state index contributed by atoms with van der Waals surface area (Å²) in [4.78, 5) is 26.6. The molecule has 0 saturated heterocycles. The van der Waals surface area contributed by atoms with Crippen LogP contribution in [-0.2, 0) is 16.0 Å². The number of nitrogens with one attached hydrogen (secondary N) is 2. The van der Waals surface area contributed by atoms with Gasteiger partial charge in [-0.25, -0.2) is 0 Å². The number of carbonyl (C=O) groups excluding carboxylic acids is 2. The molecule has 6 nitrogen and oxygen atoms in total. The Bertz CT molecular complexity index is 1100. The van der Waals surface area contributed by atoms with Crippen LogP contribution in [0.1, 0.15) is 22.6 Å². The molecule has 7 heteroatoms.